The van der Waals surface area contributed by atoms with Crippen LogP contribution >= 0.6 is 11.8 Å². The standard InChI is InChI=1S/C14H15FN6OS/c1-8(2)21-13(16)18-19-14(21)23-7-11-17-12(20-22-11)9-5-3-4-6-10(9)15/h3-6,8H,7H2,1-2H3,(H2,16,18). The second-order valence-corrected chi connectivity index (χ2v) is 6.03. The molecule has 2 aromatic heterocycles. The minimum atomic E-state index is -0.389. The van der Waals surface area contributed by atoms with Crippen LogP contribution in [0.25, 0.3) is 11.4 Å². The number of hydrogen-bond acceptors (Lipinski definition) is 7. The van der Waals surface area contributed by atoms with Crippen molar-refractivity contribution < 1.29 is 8.91 Å². The maximum Gasteiger partial charge on any atom is 0.237 e. The Morgan fingerprint density at radius 2 is 2.09 bits per heavy atom. The second kappa shape index (κ2) is 6.37. The number of nitrogens with zero attached hydrogens (tertiary/aromatic N) is 5. The monoisotopic (exact) mass is 334 g/mol. The summed E-state index contributed by atoms with van der Waals surface area (Å²) >= 11 is 1.38. The number of aromatic nitrogens is 5. The molecule has 3 aromatic rings. The van der Waals surface area contributed by atoms with Gasteiger partial charge in [0.25, 0.3) is 0 Å². The molecule has 0 unspecified atom stereocenters. The van der Waals surface area contributed by atoms with E-state index in [2.05, 4.69) is 20.3 Å². The van der Waals surface area contributed by atoms with Gasteiger partial charge in [-0.3, -0.25) is 4.57 Å². The summed E-state index contributed by atoms with van der Waals surface area (Å²) in [5.74, 6) is 0.973. The Bertz CT molecular complexity index is 815. The van der Waals surface area contributed by atoms with E-state index >= 15 is 0 Å². The second-order valence-electron chi connectivity index (χ2n) is 5.08. The largest absolute Gasteiger partial charge is 0.368 e. The van der Waals surface area contributed by atoms with Gasteiger partial charge in [-0.2, -0.15) is 4.98 Å². The third kappa shape index (κ3) is 3.19. The van der Waals surface area contributed by atoms with E-state index in [0.29, 0.717) is 28.3 Å². The molecule has 2 heterocycles. The van der Waals surface area contributed by atoms with Gasteiger partial charge in [0.1, 0.15) is 5.82 Å². The molecule has 120 valence electrons. The predicted octanol–water partition coefficient (Wildman–Crippen LogP) is 2.92. The molecule has 1 aromatic carbocycles. The molecule has 23 heavy (non-hydrogen) atoms. The molecule has 0 saturated carbocycles. The third-order valence-electron chi connectivity index (χ3n) is 3.11. The molecule has 0 radical (unpaired) electrons. The minimum Gasteiger partial charge on any atom is -0.368 e. The van der Waals surface area contributed by atoms with Crippen LogP contribution in [0, 0.1) is 5.82 Å². The normalized spacial score (nSPS) is 11.3. The van der Waals surface area contributed by atoms with Gasteiger partial charge in [-0.25, -0.2) is 4.39 Å². The molecule has 0 aliphatic rings. The molecule has 3 rings (SSSR count). The number of benzene rings is 1. The Hall–Kier alpha value is -2.42. The van der Waals surface area contributed by atoms with Crippen molar-refractivity contribution in [2.24, 2.45) is 0 Å². The molecular weight excluding hydrogens is 319 g/mol. The van der Waals surface area contributed by atoms with Crippen LogP contribution in [0.5, 0.6) is 0 Å². The van der Waals surface area contributed by atoms with Crippen LogP contribution in [-0.2, 0) is 5.75 Å². The number of anilines is 1. The maximum atomic E-state index is 13.7. The fourth-order valence-corrected chi connectivity index (χ4v) is 2.98. The van der Waals surface area contributed by atoms with Crippen LogP contribution in [0.3, 0.4) is 0 Å². The van der Waals surface area contributed by atoms with E-state index in [4.69, 9.17) is 10.3 Å². The molecule has 2 N–H and O–H groups in total. The van der Waals surface area contributed by atoms with Crippen molar-refractivity contribution in [3.05, 3.63) is 36.0 Å². The summed E-state index contributed by atoms with van der Waals surface area (Å²) < 4.78 is 20.7. The summed E-state index contributed by atoms with van der Waals surface area (Å²) in [4.78, 5) is 4.21. The number of nitrogens with two attached hydrogens (primary N) is 1. The van der Waals surface area contributed by atoms with E-state index in [1.165, 1.54) is 17.8 Å². The fraction of sp³-hybridized carbons (Fsp3) is 0.286. The Kier molecular flexibility index (Phi) is 4.28. The van der Waals surface area contributed by atoms with Gasteiger partial charge >= 0.3 is 0 Å². The minimum absolute atomic E-state index is 0.143. The smallest absolute Gasteiger partial charge is 0.237 e. The van der Waals surface area contributed by atoms with Gasteiger partial charge in [-0.05, 0) is 26.0 Å². The predicted molar refractivity (Wildman–Crippen MR) is 84.1 cm³/mol. The van der Waals surface area contributed by atoms with Crippen molar-refractivity contribution in [3.63, 3.8) is 0 Å². The molecule has 0 bridgehead atoms. The van der Waals surface area contributed by atoms with E-state index in [-0.39, 0.29) is 17.7 Å². The Morgan fingerprint density at radius 3 is 2.83 bits per heavy atom. The number of hydrogen-bond donors (Lipinski definition) is 1. The van der Waals surface area contributed by atoms with E-state index in [9.17, 15) is 4.39 Å². The lowest BCUT2D eigenvalue weighted by Gasteiger charge is -2.10. The van der Waals surface area contributed by atoms with Crippen LogP contribution in [0.2, 0.25) is 0 Å². The van der Waals surface area contributed by atoms with Crippen molar-refractivity contribution in [1.82, 2.24) is 24.9 Å². The Morgan fingerprint density at radius 1 is 1.30 bits per heavy atom. The van der Waals surface area contributed by atoms with Crippen molar-refractivity contribution in [1.29, 1.82) is 0 Å². The highest BCUT2D eigenvalue weighted by molar-refractivity contribution is 7.98. The molecule has 0 fully saturated rings. The first-order valence-corrected chi connectivity index (χ1v) is 7.95. The Labute approximate surface area is 136 Å². The van der Waals surface area contributed by atoms with Crippen LogP contribution in [0.4, 0.5) is 10.3 Å². The van der Waals surface area contributed by atoms with E-state index in [1.54, 1.807) is 18.2 Å². The lowest BCUT2D eigenvalue weighted by Crippen LogP contribution is -2.07. The summed E-state index contributed by atoms with van der Waals surface area (Å²) in [7, 11) is 0. The highest BCUT2D eigenvalue weighted by Gasteiger charge is 2.16. The van der Waals surface area contributed by atoms with Gasteiger partial charge in [0.15, 0.2) is 5.16 Å². The lowest BCUT2D eigenvalue weighted by molar-refractivity contribution is 0.391. The third-order valence-corrected chi connectivity index (χ3v) is 4.04. The molecule has 0 saturated heterocycles. The van der Waals surface area contributed by atoms with Gasteiger partial charge in [0, 0.05) is 6.04 Å². The highest BCUT2D eigenvalue weighted by atomic mass is 32.2. The quantitative estimate of drug-likeness (QED) is 0.717. The number of rotatable bonds is 5. The molecule has 0 aliphatic carbocycles. The summed E-state index contributed by atoms with van der Waals surface area (Å²) in [6, 6.07) is 6.43. The number of nitrogen functional groups attached to an aromatic ring is 1. The van der Waals surface area contributed by atoms with Crippen molar-refractivity contribution in [2.45, 2.75) is 30.8 Å². The summed E-state index contributed by atoms with van der Waals surface area (Å²) in [6.45, 7) is 3.99. The fourth-order valence-electron chi connectivity index (χ4n) is 2.06. The average Bonchev–Trinajstić information content (AvgIpc) is 3.12. The van der Waals surface area contributed by atoms with Gasteiger partial charge in [-0.1, -0.05) is 29.1 Å². The molecule has 0 atom stereocenters. The van der Waals surface area contributed by atoms with Crippen molar-refractivity contribution in [2.75, 3.05) is 5.73 Å². The summed E-state index contributed by atoms with van der Waals surface area (Å²) in [6.07, 6.45) is 0. The molecule has 9 heteroatoms. The first-order chi connectivity index (χ1) is 11.1. The van der Waals surface area contributed by atoms with E-state index < -0.39 is 0 Å². The molecule has 0 spiro atoms. The van der Waals surface area contributed by atoms with E-state index in [1.807, 2.05) is 18.4 Å². The van der Waals surface area contributed by atoms with Gasteiger partial charge in [-0.15, -0.1) is 10.2 Å². The molecule has 0 amide bonds. The van der Waals surface area contributed by atoms with Gasteiger partial charge < -0.3 is 10.3 Å². The van der Waals surface area contributed by atoms with Gasteiger partial charge in [0.05, 0.1) is 11.3 Å². The summed E-state index contributed by atoms with van der Waals surface area (Å²) in [5.41, 5.74) is 6.10. The first-order valence-electron chi connectivity index (χ1n) is 6.97. The maximum absolute atomic E-state index is 13.7. The first kappa shape index (κ1) is 15.5. The molecular formula is C14H15FN6OS. The molecule has 0 aliphatic heterocycles. The van der Waals surface area contributed by atoms with Crippen molar-refractivity contribution >= 4 is 17.7 Å². The zero-order chi connectivity index (χ0) is 16.4. The zero-order valence-electron chi connectivity index (χ0n) is 12.6. The summed E-state index contributed by atoms with van der Waals surface area (Å²) in [5, 5.41) is 12.4. The topological polar surface area (TPSA) is 95.7 Å². The van der Waals surface area contributed by atoms with E-state index in [0.717, 1.165) is 0 Å². The van der Waals surface area contributed by atoms with Crippen LogP contribution in [-0.4, -0.2) is 24.9 Å². The zero-order valence-corrected chi connectivity index (χ0v) is 13.4. The molecule has 7 nitrogen and oxygen atoms in total. The SMILES string of the molecule is CC(C)n1c(N)nnc1SCc1nc(-c2ccccc2F)no1. The van der Waals surface area contributed by atoms with Gasteiger partial charge in [0.2, 0.25) is 17.7 Å². The van der Waals surface area contributed by atoms with Crippen LogP contribution < -0.4 is 5.73 Å². The Balaban J connectivity index is 1.75. The lowest BCUT2D eigenvalue weighted by atomic mass is 10.2. The van der Waals surface area contributed by atoms with Crippen LogP contribution in [0.1, 0.15) is 25.8 Å². The number of thioether (sulfide) groups is 1. The van der Waals surface area contributed by atoms with Crippen molar-refractivity contribution in [3.8, 4) is 11.4 Å². The number of halogens is 1. The highest BCUT2D eigenvalue weighted by Crippen LogP contribution is 2.26. The average molecular weight is 334 g/mol. The van der Waals surface area contributed by atoms with Crippen LogP contribution in [0.15, 0.2) is 33.9 Å².